The molecule has 2 heterocycles. The lowest BCUT2D eigenvalue weighted by molar-refractivity contribution is -0.143. The van der Waals surface area contributed by atoms with Gasteiger partial charge in [0, 0.05) is 51.7 Å². The van der Waals surface area contributed by atoms with Gasteiger partial charge in [-0.1, -0.05) is 6.92 Å². The van der Waals surface area contributed by atoms with Crippen LogP contribution in [0.2, 0.25) is 0 Å². The fraction of sp³-hybridized carbons (Fsp3) is 0.867. The second kappa shape index (κ2) is 9.79. The third kappa shape index (κ3) is 7.16. The predicted octanol–water partition coefficient (Wildman–Crippen LogP) is 1.42. The van der Waals surface area contributed by atoms with Crippen molar-refractivity contribution in [2.75, 3.05) is 39.8 Å². The first-order valence-electron chi connectivity index (χ1n) is 8.37. The van der Waals surface area contributed by atoms with Crippen molar-refractivity contribution in [3.63, 3.8) is 0 Å². The van der Waals surface area contributed by atoms with Crippen molar-refractivity contribution in [1.82, 2.24) is 20.4 Å². The Bertz CT molecular complexity index is 475. The van der Waals surface area contributed by atoms with Gasteiger partial charge in [0.05, 0.1) is 6.54 Å². The average molecular weight is 477 g/mol. The average Bonchev–Trinajstić information content (AvgIpc) is 3.13. The molecule has 2 atom stereocenters. The van der Waals surface area contributed by atoms with Gasteiger partial charge in [-0.3, -0.25) is 14.7 Å². The van der Waals surface area contributed by atoms with Crippen molar-refractivity contribution in [2.45, 2.75) is 44.4 Å². The molecule has 0 aliphatic carbocycles. The summed E-state index contributed by atoms with van der Waals surface area (Å²) in [6.07, 6.45) is -2.16. The van der Waals surface area contributed by atoms with E-state index in [2.05, 4.69) is 15.6 Å². The van der Waals surface area contributed by atoms with Crippen LogP contribution >= 0.6 is 24.0 Å². The lowest BCUT2D eigenvalue weighted by Crippen LogP contribution is -2.49. The molecule has 2 aliphatic rings. The standard InChI is InChI=1S/C15H26F3N5O.HI/c1-3-13(24)23-7-5-12(9-23)21-14(19-2)20-11-4-6-22(8-11)10-15(16,17)18;/h11-12H,3-10H2,1-2H3,(H2,19,20,21);1H. The number of aliphatic imine (C=N–C) groups is 1. The van der Waals surface area contributed by atoms with Gasteiger partial charge in [0.2, 0.25) is 5.91 Å². The second-order valence-electron chi connectivity index (χ2n) is 6.38. The molecule has 6 nitrogen and oxygen atoms in total. The maximum Gasteiger partial charge on any atom is 0.401 e. The maximum absolute atomic E-state index is 12.4. The summed E-state index contributed by atoms with van der Waals surface area (Å²) in [6, 6.07) is 0.0766. The molecule has 25 heavy (non-hydrogen) atoms. The highest BCUT2D eigenvalue weighted by Crippen LogP contribution is 2.20. The van der Waals surface area contributed by atoms with E-state index in [1.165, 1.54) is 4.90 Å². The van der Waals surface area contributed by atoms with Crippen LogP contribution in [0.15, 0.2) is 4.99 Å². The molecule has 0 aromatic heterocycles. The smallest absolute Gasteiger partial charge is 0.352 e. The number of nitrogens with one attached hydrogen (secondary N) is 2. The zero-order chi connectivity index (χ0) is 17.7. The van der Waals surface area contributed by atoms with Crippen molar-refractivity contribution in [3.8, 4) is 0 Å². The molecule has 0 radical (unpaired) electrons. The Morgan fingerprint density at radius 2 is 1.76 bits per heavy atom. The van der Waals surface area contributed by atoms with Gasteiger partial charge >= 0.3 is 6.18 Å². The number of halogens is 4. The number of likely N-dealkylation sites (tertiary alicyclic amines) is 2. The first-order chi connectivity index (χ1) is 11.3. The van der Waals surface area contributed by atoms with Crippen LogP contribution in [-0.4, -0.2) is 79.7 Å². The van der Waals surface area contributed by atoms with Crippen LogP contribution in [0.5, 0.6) is 0 Å². The number of carbonyl (C=O) groups is 1. The number of amides is 1. The minimum Gasteiger partial charge on any atom is -0.352 e. The van der Waals surface area contributed by atoms with Gasteiger partial charge in [-0.2, -0.15) is 13.2 Å². The number of carbonyl (C=O) groups excluding carboxylic acids is 1. The number of rotatable bonds is 4. The van der Waals surface area contributed by atoms with E-state index in [1.54, 1.807) is 7.05 Å². The van der Waals surface area contributed by atoms with Crippen LogP contribution in [0, 0.1) is 0 Å². The third-order valence-electron chi connectivity index (χ3n) is 4.42. The molecule has 2 unspecified atom stereocenters. The van der Waals surface area contributed by atoms with E-state index in [9.17, 15) is 18.0 Å². The summed E-state index contributed by atoms with van der Waals surface area (Å²) in [5, 5.41) is 6.46. The van der Waals surface area contributed by atoms with E-state index in [-0.39, 0.29) is 42.0 Å². The third-order valence-corrected chi connectivity index (χ3v) is 4.42. The monoisotopic (exact) mass is 477 g/mol. The quantitative estimate of drug-likeness (QED) is 0.366. The van der Waals surface area contributed by atoms with Gasteiger partial charge in [0.15, 0.2) is 5.96 Å². The van der Waals surface area contributed by atoms with Crippen LogP contribution in [0.3, 0.4) is 0 Å². The summed E-state index contributed by atoms with van der Waals surface area (Å²) in [7, 11) is 1.64. The molecule has 2 rings (SSSR count). The first kappa shape index (κ1) is 22.3. The Kier molecular flexibility index (Phi) is 8.72. The van der Waals surface area contributed by atoms with Crippen molar-refractivity contribution >= 4 is 35.8 Å². The number of nitrogens with zero attached hydrogens (tertiary/aromatic N) is 3. The summed E-state index contributed by atoms with van der Waals surface area (Å²) in [6.45, 7) is 3.12. The zero-order valence-electron chi connectivity index (χ0n) is 14.6. The normalized spacial score (nSPS) is 25.0. The minimum absolute atomic E-state index is 0. The Morgan fingerprint density at radius 1 is 1.16 bits per heavy atom. The van der Waals surface area contributed by atoms with Crippen molar-refractivity contribution in [2.24, 2.45) is 4.99 Å². The number of hydrogen-bond donors (Lipinski definition) is 2. The second-order valence-corrected chi connectivity index (χ2v) is 6.38. The highest BCUT2D eigenvalue weighted by Gasteiger charge is 2.34. The minimum atomic E-state index is -4.16. The van der Waals surface area contributed by atoms with Gasteiger partial charge in [-0.15, -0.1) is 24.0 Å². The zero-order valence-corrected chi connectivity index (χ0v) is 16.9. The summed E-state index contributed by atoms with van der Waals surface area (Å²) in [5.41, 5.74) is 0. The number of hydrogen-bond acceptors (Lipinski definition) is 3. The molecule has 2 aliphatic heterocycles. The Labute approximate surface area is 163 Å². The van der Waals surface area contributed by atoms with Crippen LogP contribution in [0.25, 0.3) is 0 Å². The highest BCUT2D eigenvalue weighted by molar-refractivity contribution is 14.0. The molecule has 0 aromatic rings. The van der Waals surface area contributed by atoms with Crippen LogP contribution in [0.4, 0.5) is 13.2 Å². The molecule has 2 fully saturated rings. The van der Waals surface area contributed by atoms with E-state index in [4.69, 9.17) is 0 Å². The van der Waals surface area contributed by atoms with Gasteiger partial charge < -0.3 is 15.5 Å². The molecule has 2 N–H and O–H groups in total. The highest BCUT2D eigenvalue weighted by atomic mass is 127. The summed E-state index contributed by atoms with van der Waals surface area (Å²) < 4.78 is 37.3. The molecular formula is C15H27F3IN5O. The summed E-state index contributed by atoms with van der Waals surface area (Å²) >= 11 is 0. The van der Waals surface area contributed by atoms with E-state index in [0.717, 1.165) is 13.0 Å². The van der Waals surface area contributed by atoms with Gasteiger partial charge in [0.25, 0.3) is 0 Å². The Hall–Kier alpha value is -0.780. The Balaban J connectivity index is 0.00000312. The van der Waals surface area contributed by atoms with E-state index in [1.807, 2.05) is 11.8 Å². The molecule has 146 valence electrons. The first-order valence-corrected chi connectivity index (χ1v) is 8.37. The number of guanidine groups is 1. The summed E-state index contributed by atoms with van der Waals surface area (Å²) in [4.78, 5) is 19.1. The fourth-order valence-corrected chi connectivity index (χ4v) is 3.23. The maximum atomic E-state index is 12.4. The largest absolute Gasteiger partial charge is 0.401 e. The molecule has 1 amide bonds. The predicted molar refractivity (Wildman–Crippen MR) is 101 cm³/mol. The van der Waals surface area contributed by atoms with Crippen molar-refractivity contribution < 1.29 is 18.0 Å². The molecule has 2 saturated heterocycles. The van der Waals surface area contributed by atoms with E-state index < -0.39 is 12.7 Å². The SMILES string of the molecule is CCC(=O)N1CCC(NC(=NC)NC2CCN(CC(F)(F)F)C2)C1.I. The molecule has 0 spiro atoms. The lowest BCUT2D eigenvalue weighted by atomic mass is 10.2. The van der Waals surface area contributed by atoms with Gasteiger partial charge in [-0.05, 0) is 12.8 Å². The van der Waals surface area contributed by atoms with Crippen molar-refractivity contribution in [3.05, 3.63) is 0 Å². The number of alkyl halides is 3. The molecule has 10 heteroatoms. The van der Waals surface area contributed by atoms with Crippen LogP contribution in [0.1, 0.15) is 26.2 Å². The van der Waals surface area contributed by atoms with Gasteiger partial charge in [0.1, 0.15) is 0 Å². The topological polar surface area (TPSA) is 60.0 Å². The van der Waals surface area contributed by atoms with Gasteiger partial charge in [-0.25, -0.2) is 0 Å². The fourth-order valence-electron chi connectivity index (χ4n) is 3.23. The lowest BCUT2D eigenvalue weighted by Gasteiger charge is -2.22. The summed E-state index contributed by atoms with van der Waals surface area (Å²) in [5.74, 6) is 0.727. The van der Waals surface area contributed by atoms with Crippen molar-refractivity contribution in [1.29, 1.82) is 0 Å². The molecule has 0 saturated carbocycles. The molecule has 0 aromatic carbocycles. The Morgan fingerprint density at radius 3 is 2.32 bits per heavy atom. The molecular weight excluding hydrogens is 450 g/mol. The van der Waals surface area contributed by atoms with Crippen LogP contribution < -0.4 is 10.6 Å². The van der Waals surface area contributed by atoms with Crippen LogP contribution in [-0.2, 0) is 4.79 Å². The van der Waals surface area contributed by atoms with E-state index in [0.29, 0.717) is 38.4 Å². The van der Waals surface area contributed by atoms with E-state index >= 15 is 0 Å². The molecule has 0 bridgehead atoms.